The van der Waals surface area contributed by atoms with E-state index in [1.807, 2.05) is 27.7 Å². The van der Waals surface area contributed by atoms with Crippen molar-refractivity contribution in [3.63, 3.8) is 0 Å². The Morgan fingerprint density at radius 1 is 0.944 bits per heavy atom. The summed E-state index contributed by atoms with van der Waals surface area (Å²) in [4.78, 5) is 11.5. The first-order valence-electron chi connectivity index (χ1n) is 6.71. The fraction of sp³-hybridized carbons (Fsp3) is 0.917. The molecular weight excluding hydrogens is 252 g/mol. The molecule has 0 fully saturated rings. The van der Waals surface area contributed by atoms with E-state index in [0.717, 1.165) is 0 Å². The summed E-state index contributed by atoms with van der Waals surface area (Å²) in [7, 11) is -2.95. The van der Waals surface area contributed by atoms with Gasteiger partial charge in [-0.05, 0) is 27.2 Å². The Kier molecular flexibility index (Phi) is 9.26. The number of hydrogen-bond donors (Lipinski definition) is 0. The molecule has 0 aromatic carbocycles. The van der Waals surface area contributed by atoms with Crippen molar-refractivity contribution in [2.45, 2.75) is 53.2 Å². The van der Waals surface area contributed by atoms with Crippen molar-refractivity contribution in [1.82, 2.24) is 0 Å². The van der Waals surface area contributed by atoms with E-state index in [4.69, 9.17) is 18.0 Å². The highest BCUT2D eigenvalue weighted by molar-refractivity contribution is 6.62. The number of hydrogen-bond acceptors (Lipinski definition) is 5. The Morgan fingerprint density at radius 2 is 1.39 bits per heavy atom. The average molecular weight is 278 g/mol. The second-order valence-electron chi connectivity index (χ2n) is 3.64. The standard InChI is InChI=1S/C12H26O5Si/c1-6-11(13)17-12(7-2)18(14-8-3,15-9-4)16-10-5/h12H,6-10H2,1-5H3. The molecule has 0 bridgehead atoms. The largest absolute Gasteiger partial charge is 0.544 e. The molecule has 0 saturated carbocycles. The summed E-state index contributed by atoms with van der Waals surface area (Å²) >= 11 is 0. The van der Waals surface area contributed by atoms with Gasteiger partial charge in [0.05, 0.1) is 0 Å². The normalized spacial score (nSPS) is 13.4. The maximum Gasteiger partial charge on any atom is 0.544 e. The van der Waals surface area contributed by atoms with Crippen molar-refractivity contribution in [3.8, 4) is 0 Å². The molecule has 1 unspecified atom stereocenters. The van der Waals surface area contributed by atoms with Gasteiger partial charge in [-0.2, -0.15) is 0 Å². The molecule has 0 aliphatic rings. The number of rotatable bonds is 10. The van der Waals surface area contributed by atoms with E-state index in [0.29, 0.717) is 32.7 Å². The molecule has 108 valence electrons. The van der Waals surface area contributed by atoms with Crippen LogP contribution in [0.2, 0.25) is 0 Å². The molecule has 0 saturated heterocycles. The van der Waals surface area contributed by atoms with E-state index >= 15 is 0 Å². The summed E-state index contributed by atoms with van der Waals surface area (Å²) in [6.07, 6.45) is 0.962. The van der Waals surface area contributed by atoms with Gasteiger partial charge in [0.15, 0.2) is 5.73 Å². The predicted molar refractivity (Wildman–Crippen MR) is 71.1 cm³/mol. The van der Waals surface area contributed by atoms with Gasteiger partial charge in [0.1, 0.15) is 0 Å². The first-order chi connectivity index (χ1) is 8.60. The van der Waals surface area contributed by atoms with Gasteiger partial charge in [0, 0.05) is 26.2 Å². The molecule has 5 nitrogen and oxygen atoms in total. The SMILES string of the molecule is CCO[Si](OCC)(OCC)C(CC)OC(=O)CC. The highest BCUT2D eigenvalue weighted by Gasteiger charge is 2.51. The number of carbonyl (C=O) groups excluding carboxylic acids is 1. The molecule has 6 heteroatoms. The van der Waals surface area contributed by atoms with Crippen LogP contribution < -0.4 is 0 Å². The van der Waals surface area contributed by atoms with E-state index in [-0.39, 0.29) is 5.97 Å². The van der Waals surface area contributed by atoms with Gasteiger partial charge in [-0.25, -0.2) is 0 Å². The molecule has 0 amide bonds. The monoisotopic (exact) mass is 278 g/mol. The van der Waals surface area contributed by atoms with Gasteiger partial charge in [-0.1, -0.05) is 13.8 Å². The zero-order valence-corrected chi connectivity index (χ0v) is 13.2. The fourth-order valence-electron chi connectivity index (χ4n) is 1.65. The Labute approximate surface area is 111 Å². The molecule has 0 aliphatic carbocycles. The zero-order chi connectivity index (χ0) is 14.0. The molecular formula is C12H26O5Si. The molecule has 0 aliphatic heterocycles. The third kappa shape index (κ3) is 5.05. The van der Waals surface area contributed by atoms with Crippen molar-refractivity contribution < 1.29 is 22.8 Å². The van der Waals surface area contributed by atoms with Crippen LogP contribution in [0.3, 0.4) is 0 Å². The summed E-state index contributed by atoms with van der Waals surface area (Å²) in [6.45, 7) is 10.8. The first kappa shape index (κ1) is 17.6. The van der Waals surface area contributed by atoms with Crippen LogP contribution in [0.25, 0.3) is 0 Å². The van der Waals surface area contributed by atoms with Crippen LogP contribution in [0, 0.1) is 0 Å². The van der Waals surface area contributed by atoms with E-state index in [9.17, 15) is 4.79 Å². The van der Waals surface area contributed by atoms with E-state index in [2.05, 4.69) is 0 Å². The van der Waals surface area contributed by atoms with Gasteiger partial charge in [0.25, 0.3) is 0 Å². The van der Waals surface area contributed by atoms with Crippen LogP contribution >= 0.6 is 0 Å². The minimum Gasteiger partial charge on any atom is -0.458 e. The van der Waals surface area contributed by atoms with Gasteiger partial charge in [-0.3, -0.25) is 4.79 Å². The summed E-state index contributed by atoms with van der Waals surface area (Å²) in [6, 6.07) is 0. The van der Waals surface area contributed by atoms with Crippen molar-refractivity contribution in [1.29, 1.82) is 0 Å². The maximum absolute atomic E-state index is 11.5. The number of carbonyl (C=O) groups is 1. The molecule has 0 heterocycles. The molecule has 1 atom stereocenters. The van der Waals surface area contributed by atoms with Gasteiger partial charge in [-0.15, -0.1) is 0 Å². The lowest BCUT2D eigenvalue weighted by Gasteiger charge is -2.34. The summed E-state index contributed by atoms with van der Waals surface area (Å²) in [5.74, 6) is -0.252. The number of esters is 1. The highest BCUT2D eigenvalue weighted by atomic mass is 28.4. The highest BCUT2D eigenvalue weighted by Crippen LogP contribution is 2.21. The summed E-state index contributed by atoms with van der Waals surface area (Å²) in [5.41, 5.74) is -0.426. The van der Waals surface area contributed by atoms with Crippen molar-refractivity contribution >= 4 is 14.8 Å². The Morgan fingerprint density at radius 3 is 1.67 bits per heavy atom. The smallest absolute Gasteiger partial charge is 0.458 e. The van der Waals surface area contributed by atoms with E-state index in [1.165, 1.54) is 0 Å². The first-order valence-corrected chi connectivity index (χ1v) is 8.51. The average Bonchev–Trinajstić information content (AvgIpc) is 2.36. The molecule has 0 rings (SSSR count). The van der Waals surface area contributed by atoms with E-state index < -0.39 is 14.5 Å². The quantitative estimate of drug-likeness (QED) is 0.453. The van der Waals surface area contributed by atoms with Gasteiger partial charge < -0.3 is 18.0 Å². The predicted octanol–water partition coefficient (Wildman–Crippen LogP) is 2.31. The molecule has 0 spiro atoms. The second kappa shape index (κ2) is 9.49. The third-order valence-corrected chi connectivity index (χ3v) is 5.75. The van der Waals surface area contributed by atoms with Crippen LogP contribution in [0.5, 0.6) is 0 Å². The Balaban J connectivity index is 4.99. The van der Waals surface area contributed by atoms with Crippen molar-refractivity contribution in [2.75, 3.05) is 19.8 Å². The fourth-order valence-corrected chi connectivity index (χ4v) is 4.45. The number of ether oxygens (including phenoxy) is 1. The Bertz CT molecular complexity index is 217. The Hall–Kier alpha value is -0.433. The van der Waals surface area contributed by atoms with Crippen LogP contribution in [-0.4, -0.2) is 40.3 Å². The van der Waals surface area contributed by atoms with Crippen molar-refractivity contribution in [2.24, 2.45) is 0 Å². The zero-order valence-electron chi connectivity index (χ0n) is 12.2. The van der Waals surface area contributed by atoms with Gasteiger partial charge >= 0.3 is 14.8 Å². The minimum absolute atomic E-state index is 0.252. The lowest BCUT2D eigenvalue weighted by atomic mass is 10.5. The van der Waals surface area contributed by atoms with Crippen LogP contribution in [0.15, 0.2) is 0 Å². The van der Waals surface area contributed by atoms with Crippen molar-refractivity contribution in [3.05, 3.63) is 0 Å². The maximum atomic E-state index is 11.5. The second-order valence-corrected chi connectivity index (χ2v) is 6.36. The molecule has 0 N–H and O–H groups in total. The summed E-state index contributed by atoms with van der Waals surface area (Å²) in [5, 5.41) is 0. The van der Waals surface area contributed by atoms with Crippen LogP contribution in [-0.2, 0) is 22.8 Å². The van der Waals surface area contributed by atoms with E-state index in [1.54, 1.807) is 6.92 Å². The molecule has 18 heavy (non-hydrogen) atoms. The third-order valence-electron chi connectivity index (χ3n) is 2.36. The molecule has 0 aromatic rings. The lowest BCUT2D eigenvalue weighted by molar-refractivity contribution is -0.149. The lowest BCUT2D eigenvalue weighted by Crippen LogP contribution is -2.58. The minimum atomic E-state index is -2.95. The van der Waals surface area contributed by atoms with Crippen LogP contribution in [0.4, 0.5) is 0 Å². The van der Waals surface area contributed by atoms with Crippen LogP contribution in [0.1, 0.15) is 47.5 Å². The molecule has 0 radical (unpaired) electrons. The van der Waals surface area contributed by atoms with Gasteiger partial charge in [0.2, 0.25) is 0 Å². The topological polar surface area (TPSA) is 54.0 Å². The summed E-state index contributed by atoms with van der Waals surface area (Å²) < 4.78 is 22.6. The molecule has 0 aromatic heterocycles.